The van der Waals surface area contributed by atoms with Gasteiger partial charge in [0.25, 0.3) is 0 Å². The quantitative estimate of drug-likeness (QED) is 0.738. The van der Waals surface area contributed by atoms with Crippen LogP contribution < -0.4 is 5.32 Å². The zero-order chi connectivity index (χ0) is 14.9. The van der Waals surface area contributed by atoms with Crippen LogP contribution in [0, 0.1) is 0 Å². The molecule has 1 aromatic carbocycles. The van der Waals surface area contributed by atoms with Crippen LogP contribution in [0.15, 0.2) is 54.9 Å². The SMILES string of the molecule is Clc1cc2c(s1)CNCC2c1ccccc1-c1ccncc1. The highest BCUT2D eigenvalue weighted by Crippen LogP contribution is 2.40. The molecule has 0 fully saturated rings. The minimum Gasteiger partial charge on any atom is -0.311 e. The van der Waals surface area contributed by atoms with Gasteiger partial charge in [0.1, 0.15) is 0 Å². The molecule has 0 aliphatic carbocycles. The number of benzene rings is 1. The average molecular weight is 327 g/mol. The van der Waals surface area contributed by atoms with Gasteiger partial charge < -0.3 is 5.32 Å². The summed E-state index contributed by atoms with van der Waals surface area (Å²) in [7, 11) is 0. The van der Waals surface area contributed by atoms with Crippen molar-refractivity contribution in [3.8, 4) is 11.1 Å². The highest BCUT2D eigenvalue weighted by molar-refractivity contribution is 7.16. The number of hydrogen-bond acceptors (Lipinski definition) is 3. The van der Waals surface area contributed by atoms with Crippen molar-refractivity contribution in [2.24, 2.45) is 0 Å². The molecule has 3 aromatic rings. The maximum Gasteiger partial charge on any atom is 0.0934 e. The van der Waals surface area contributed by atoms with Gasteiger partial charge >= 0.3 is 0 Å². The number of pyridine rings is 1. The predicted octanol–water partition coefficient (Wildman–Crippen LogP) is 4.70. The van der Waals surface area contributed by atoms with E-state index in [0.717, 1.165) is 17.4 Å². The number of halogens is 1. The van der Waals surface area contributed by atoms with E-state index in [1.165, 1.54) is 27.1 Å². The zero-order valence-corrected chi connectivity index (χ0v) is 13.5. The smallest absolute Gasteiger partial charge is 0.0934 e. The fourth-order valence-corrected chi connectivity index (χ4v) is 4.47. The second kappa shape index (κ2) is 5.84. The molecular weight excluding hydrogens is 312 g/mol. The molecule has 4 rings (SSSR count). The summed E-state index contributed by atoms with van der Waals surface area (Å²) in [5, 5.41) is 3.52. The Labute approximate surface area is 138 Å². The van der Waals surface area contributed by atoms with E-state index < -0.39 is 0 Å². The first-order valence-corrected chi connectivity index (χ1v) is 8.50. The molecule has 0 amide bonds. The van der Waals surface area contributed by atoms with Crippen LogP contribution in [0.1, 0.15) is 21.9 Å². The molecule has 3 heterocycles. The lowest BCUT2D eigenvalue weighted by molar-refractivity contribution is 0.601. The maximum atomic E-state index is 6.24. The summed E-state index contributed by atoms with van der Waals surface area (Å²) in [6, 6.07) is 14.9. The maximum absolute atomic E-state index is 6.24. The second-order valence-electron chi connectivity index (χ2n) is 5.44. The third-order valence-corrected chi connectivity index (χ3v) is 5.43. The third kappa shape index (κ3) is 2.45. The fourth-order valence-electron chi connectivity index (χ4n) is 3.15. The molecule has 0 saturated heterocycles. The Bertz CT molecular complexity index is 798. The lowest BCUT2D eigenvalue weighted by Crippen LogP contribution is -2.27. The van der Waals surface area contributed by atoms with Crippen LogP contribution in [0.4, 0.5) is 0 Å². The molecule has 0 saturated carbocycles. The summed E-state index contributed by atoms with van der Waals surface area (Å²) < 4.78 is 0.875. The second-order valence-corrected chi connectivity index (χ2v) is 7.20. The summed E-state index contributed by atoms with van der Waals surface area (Å²) in [4.78, 5) is 5.48. The number of hydrogen-bond donors (Lipinski definition) is 1. The van der Waals surface area contributed by atoms with Gasteiger partial charge in [-0.05, 0) is 40.5 Å². The van der Waals surface area contributed by atoms with Crippen LogP contribution in [0.5, 0.6) is 0 Å². The van der Waals surface area contributed by atoms with Crippen molar-refractivity contribution < 1.29 is 0 Å². The summed E-state index contributed by atoms with van der Waals surface area (Å²) in [5.41, 5.74) is 5.19. The van der Waals surface area contributed by atoms with E-state index in [1.807, 2.05) is 12.4 Å². The van der Waals surface area contributed by atoms with Crippen LogP contribution in [0.2, 0.25) is 4.34 Å². The Morgan fingerprint density at radius 2 is 1.91 bits per heavy atom. The van der Waals surface area contributed by atoms with Crippen LogP contribution >= 0.6 is 22.9 Å². The van der Waals surface area contributed by atoms with Gasteiger partial charge in [-0.3, -0.25) is 4.98 Å². The van der Waals surface area contributed by atoms with E-state index in [4.69, 9.17) is 11.6 Å². The van der Waals surface area contributed by atoms with Crippen molar-refractivity contribution in [2.75, 3.05) is 6.54 Å². The number of thiophene rings is 1. The van der Waals surface area contributed by atoms with E-state index in [-0.39, 0.29) is 0 Å². The van der Waals surface area contributed by atoms with Gasteiger partial charge in [-0.2, -0.15) is 0 Å². The normalized spacial score (nSPS) is 17.2. The molecule has 1 aliphatic heterocycles. The molecule has 110 valence electrons. The molecule has 22 heavy (non-hydrogen) atoms. The van der Waals surface area contributed by atoms with Gasteiger partial charge in [0, 0.05) is 36.3 Å². The number of nitrogens with zero attached hydrogens (tertiary/aromatic N) is 1. The molecule has 1 unspecified atom stereocenters. The minimum atomic E-state index is 0.344. The van der Waals surface area contributed by atoms with E-state index >= 15 is 0 Å². The van der Waals surface area contributed by atoms with Crippen LogP contribution in [0.25, 0.3) is 11.1 Å². The Balaban J connectivity index is 1.85. The summed E-state index contributed by atoms with van der Waals surface area (Å²) in [6.45, 7) is 1.86. The predicted molar refractivity (Wildman–Crippen MR) is 92.6 cm³/mol. The number of nitrogens with one attached hydrogen (secondary N) is 1. The van der Waals surface area contributed by atoms with Crippen molar-refractivity contribution in [1.29, 1.82) is 0 Å². The highest BCUT2D eigenvalue weighted by Gasteiger charge is 2.25. The van der Waals surface area contributed by atoms with Crippen LogP contribution in [0.3, 0.4) is 0 Å². The van der Waals surface area contributed by atoms with E-state index in [0.29, 0.717) is 5.92 Å². The van der Waals surface area contributed by atoms with Crippen LogP contribution in [-0.4, -0.2) is 11.5 Å². The molecule has 0 bridgehead atoms. The van der Waals surface area contributed by atoms with Crippen molar-refractivity contribution in [3.05, 3.63) is 75.2 Å². The largest absolute Gasteiger partial charge is 0.311 e. The summed E-state index contributed by atoms with van der Waals surface area (Å²) >= 11 is 7.93. The first-order chi connectivity index (χ1) is 10.8. The monoisotopic (exact) mass is 326 g/mol. The van der Waals surface area contributed by atoms with Crippen molar-refractivity contribution >= 4 is 22.9 Å². The lowest BCUT2D eigenvalue weighted by Gasteiger charge is -2.26. The van der Waals surface area contributed by atoms with Gasteiger partial charge in [0.05, 0.1) is 4.34 Å². The minimum absolute atomic E-state index is 0.344. The van der Waals surface area contributed by atoms with Crippen molar-refractivity contribution in [1.82, 2.24) is 10.3 Å². The summed E-state index contributed by atoms with van der Waals surface area (Å²) in [5.74, 6) is 0.344. The molecule has 1 N–H and O–H groups in total. The molecule has 2 aromatic heterocycles. The van der Waals surface area contributed by atoms with Gasteiger partial charge in [0.15, 0.2) is 0 Å². The number of aromatic nitrogens is 1. The van der Waals surface area contributed by atoms with Crippen molar-refractivity contribution in [3.63, 3.8) is 0 Å². The van der Waals surface area contributed by atoms with E-state index in [9.17, 15) is 0 Å². The molecule has 2 nitrogen and oxygen atoms in total. The van der Waals surface area contributed by atoms with Gasteiger partial charge in [-0.1, -0.05) is 35.9 Å². The Morgan fingerprint density at radius 1 is 1.09 bits per heavy atom. The topological polar surface area (TPSA) is 24.9 Å². The Morgan fingerprint density at radius 3 is 2.77 bits per heavy atom. The molecule has 4 heteroatoms. The van der Waals surface area contributed by atoms with E-state index in [1.54, 1.807) is 11.3 Å². The third-order valence-electron chi connectivity index (χ3n) is 4.15. The molecule has 0 spiro atoms. The summed E-state index contributed by atoms with van der Waals surface area (Å²) in [6.07, 6.45) is 3.69. The fraction of sp³-hybridized carbons (Fsp3) is 0.167. The average Bonchev–Trinajstić information content (AvgIpc) is 2.96. The van der Waals surface area contributed by atoms with Gasteiger partial charge in [0.2, 0.25) is 0 Å². The lowest BCUT2D eigenvalue weighted by atomic mass is 9.85. The zero-order valence-electron chi connectivity index (χ0n) is 11.9. The van der Waals surface area contributed by atoms with E-state index in [2.05, 4.69) is 52.8 Å². The van der Waals surface area contributed by atoms with Crippen LogP contribution in [-0.2, 0) is 6.54 Å². The number of rotatable bonds is 2. The Hall–Kier alpha value is -1.68. The van der Waals surface area contributed by atoms with Gasteiger partial charge in [-0.15, -0.1) is 11.3 Å². The van der Waals surface area contributed by atoms with Crippen molar-refractivity contribution in [2.45, 2.75) is 12.5 Å². The molecule has 1 atom stereocenters. The standard InChI is InChI=1S/C18H15ClN2S/c19-18-9-15-16(10-21-11-17(15)22-18)14-4-2-1-3-13(14)12-5-7-20-8-6-12/h1-9,16,21H,10-11H2. The molecule has 1 aliphatic rings. The first kappa shape index (κ1) is 13.9. The molecule has 0 radical (unpaired) electrons. The van der Waals surface area contributed by atoms with Gasteiger partial charge in [-0.25, -0.2) is 0 Å². The highest BCUT2D eigenvalue weighted by atomic mass is 35.5. The number of fused-ring (bicyclic) bond motifs is 1. The first-order valence-electron chi connectivity index (χ1n) is 7.31. The Kier molecular flexibility index (Phi) is 3.70. The molecular formula is C18H15ClN2S.